The van der Waals surface area contributed by atoms with E-state index in [1.165, 1.54) is 4.90 Å². The number of hydrogen-bond donors (Lipinski definition) is 1. The summed E-state index contributed by atoms with van der Waals surface area (Å²) in [4.78, 5) is 13.1. The molecule has 3 nitrogen and oxygen atoms in total. The maximum absolute atomic E-state index is 13.9. The molecule has 1 aliphatic rings. The van der Waals surface area contributed by atoms with Crippen LogP contribution < -0.4 is 5.73 Å². The van der Waals surface area contributed by atoms with Gasteiger partial charge >= 0.3 is 0 Å². The zero-order chi connectivity index (χ0) is 11.7. The molecule has 0 fully saturated rings. The van der Waals surface area contributed by atoms with E-state index in [2.05, 4.69) is 0 Å². The highest BCUT2D eigenvalue weighted by Gasteiger charge is 2.32. The first-order valence-corrected chi connectivity index (χ1v) is 5.43. The first-order valence-electron chi connectivity index (χ1n) is 5.43. The van der Waals surface area contributed by atoms with Crippen molar-refractivity contribution >= 4 is 5.91 Å². The van der Waals surface area contributed by atoms with Crippen LogP contribution in [0.5, 0.6) is 0 Å². The number of nitrogens with zero attached hydrogens (tertiary/aromatic N) is 1. The Hall–Kier alpha value is -1.42. The van der Waals surface area contributed by atoms with Gasteiger partial charge in [0.2, 0.25) is 5.91 Å². The van der Waals surface area contributed by atoms with E-state index in [1.54, 1.807) is 13.0 Å². The second-order valence-electron chi connectivity index (χ2n) is 3.94. The van der Waals surface area contributed by atoms with Gasteiger partial charge in [0.15, 0.2) is 6.30 Å². The summed E-state index contributed by atoms with van der Waals surface area (Å²) in [7, 11) is 0. The lowest BCUT2D eigenvalue weighted by atomic mass is 10.00. The van der Waals surface area contributed by atoms with E-state index in [4.69, 9.17) is 5.73 Å². The minimum Gasteiger partial charge on any atom is -0.316 e. The van der Waals surface area contributed by atoms with Crippen LogP contribution in [0.3, 0.4) is 0 Å². The minimum atomic E-state index is -1.27. The molecule has 1 heterocycles. The standard InChI is InChI=1S/C12H15FN2O/c1-2-15-10(13)7-8-5-3-4-6-9(8)11(14)12(15)16/h3-6,10-11H,2,7,14H2,1H3. The van der Waals surface area contributed by atoms with Crippen LogP contribution in [0.1, 0.15) is 24.1 Å². The van der Waals surface area contributed by atoms with Crippen molar-refractivity contribution in [2.45, 2.75) is 25.7 Å². The number of fused-ring (bicyclic) bond motifs is 1. The van der Waals surface area contributed by atoms with E-state index >= 15 is 0 Å². The number of benzene rings is 1. The van der Waals surface area contributed by atoms with Crippen molar-refractivity contribution in [2.75, 3.05) is 6.54 Å². The summed E-state index contributed by atoms with van der Waals surface area (Å²) in [6.07, 6.45) is -1.05. The van der Waals surface area contributed by atoms with Crippen molar-refractivity contribution < 1.29 is 9.18 Å². The molecule has 0 aromatic heterocycles. The molecule has 86 valence electrons. The molecule has 4 heteroatoms. The van der Waals surface area contributed by atoms with Crippen LogP contribution in [-0.2, 0) is 11.2 Å². The molecular formula is C12H15FN2O. The molecule has 2 atom stereocenters. The summed E-state index contributed by atoms with van der Waals surface area (Å²) in [5.41, 5.74) is 7.43. The van der Waals surface area contributed by atoms with Crippen molar-refractivity contribution in [2.24, 2.45) is 5.73 Å². The van der Waals surface area contributed by atoms with Crippen LogP contribution in [0, 0.1) is 0 Å². The highest BCUT2D eigenvalue weighted by Crippen LogP contribution is 2.26. The number of likely N-dealkylation sites (N-methyl/N-ethyl adjacent to an activating group) is 1. The normalized spacial score (nSPS) is 25.2. The molecule has 1 aliphatic heterocycles. The maximum atomic E-state index is 13.9. The third-order valence-corrected chi connectivity index (χ3v) is 3.01. The smallest absolute Gasteiger partial charge is 0.246 e. The van der Waals surface area contributed by atoms with Gasteiger partial charge < -0.3 is 10.6 Å². The Morgan fingerprint density at radius 2 is 2.19 bits per heavy atom. The number of alkyl halides is 1. The average Bonchev–Trinajstić information content (AvgIpc) is 2.37. The zero-order valence-corrected chi connectivity index (χ0v) is 9.19. The quantitative estimate of drug-likeness (QED) is 0.730. The predicted octanol–water partition coefficient (Wildman–Crippen LogP) is 1.39. The topological polar surface area (TPSA) is 46.3 Å². The lowest BCUT2D eigenvalue weighted by molar-refractivity contribution is -0.137. The van der Waals surface area contributed by atoms with E-state index in [0.29, 0.717) is 6.54 Å². The van der Waals surface area contributed by atoms with E-state index in [0.717, 1.165) is 11.1 Å². The van der Waals surface area contributed by atoms with Crippen LogP contribution in [0.4, 0.5) is 4.39 Å². The molecule has 2 N–H and O–H groups in total. The van der Waals surface area contributed by atoms with E-state index in [9.17, 15) is 9.18 Å². The molecule has 0 saturated carbocycles. The number of amides is 1. The zero-order valence-electron chi connectivity index (χ0n) is 9.19. The monoisotopic (exact) mass is 222 g/mol. The molecule has 0 spiro atoms. The third kappa shape index (κ3) is 1.69. The van der Waals surface area contributed by atoms with Crippen LogP contribution in [0.25, 0.3) is 0 Å². The van der Waals surface area contributed by atoms with Crippen molar-refractivity contribution in [1.29, 1.82) is 0 Å². The molecule has 0 aliphatic carbocycles. The van der Waals surface area contributed by atoms with Crippen molar-refractivity contribution in [3.8, 4) is 0 Å². The SMILES string of the molecule is CCN1C(=O)C(N)c2ccccc2CC1F. The second kappa shape index (κ2) is 4.22. The van der Waals surface area contributed by atoms with Gasteiger partial charge in [-0.3, -0.25) is 4.79 Å². The molecule has 0 bridgehead atoms. The lowest BCUT2D eigenvalue weighted by Gasteiger charge is -2.24. The highest BCUT2D eigenvalue weighted by molar-refractivity contribution is 5.84. The van der Waals surface area contributed by atoms with Gasteiger partial charge in [0.1, 0.15) is 6.04 Å². The average molecular weight is 222 g/mol. The molecule has 16 heavy (non-hydrogen) atoms. The van der Waals surface area contributed by atoms with Gasteiger partial charge in [0.25, 0.3) is 0 Å². The van der Waals surface area contributed by atoms with Gasteiger partial charge in [0, 0.05) is 13.0 Å². The number of carbonyl (C=O) groups excluding carboxylic acids is 1. The molecule has 2 rings (SSSR count). The first-order chi connectivity index (χ1) is 7.65. The van der Waals surface area contributed by atoms with Gasteiger partial charge in [-0.1, -0.05) is 24.3 Å². The van der Waals surface area contributed by atoms with Gasteiger partial charge in [-0.05, 0) is 18.1 Å². The van der Waals surface area contributed by atoms with Crippen molar-refractivity contribution in [1.82, 2.24) is 4.90 Å². The number of hydrogen-bond acceptors (Lipinski definition) is 2. The summed E-state index contributed by atoms with van der Waals surface area (Å²) in [6, 6.07) is 6.54. The summed E-state index contributed by atoms with van der Waals surface area (Å²) < 4.78 is 13.9. The minimum absolute atomic E-state index is 0.226. The number of nitrogens with two attached hydrogens (primary N) is 1. The first kappa shape index (κ1) is 11.1. The molecule has 1 amide bonds. The fraction of sp³-hybridized carbons (Fsp3) is 0.417. The predicted molar refractivity (Wildman–Crippen MR) is 59.4 cm³/mol. The van der Waals surface area contributed by atoms with Crippen LogP contribution in [-0.4, -0.2) is 23.6 Å². The van der Waals surface area contributed by atoms with Crippen LogP contribution >= 0.6 is 0 Å². The Labute approximate surface area is 94.0 Å². The fourth-order valence-electron chi connectivity index (χ4n) is 2.12. The van der Waals surface area contributed by atoms with Crippen LogP contribution in [0.15, 0.2) is 24.3 Å². The summed E-state index contributed by atoms with van der Waals surface area (Å²) in [5.74, 6) is -0.333. The van der Waals surface area contributed by atoms with Gasteiger partial charge in [0.05, 0.1) is 0 Å². The number of carbonyl (C=O) groups is 1. The summed E-state index contributed by atoms with van der Waals surface area (Å²) >= 11 is 0. The Morgan fingerprint density at radius 3 is 2.88 bits per heavy atom. The van der Waals surface area contributed by atoms with Gasteiger partial charge in [-0.2, -0.15) is 0 Å². The van der Waals surface area contributed by atoms with E-state index in [1.807, 2.05) is 18.2 Å². The van der Waals surface area contributed by atoms with Crippen molar-refractivity contribution in [3.05, 3.63) is 35.4 Å². The summed E-state index contributed by atoms with van der Waals surface area (Å²) in [5, 5.41) is 0. The van der Waals surface area contributed by atoms with E-state index < -0.39 is 12.3 Å². The Bertz CT molecular complexity index is 408. The molecular weight excluding hydrogens is 207 g/mol. The largest absolute Gasteiger partial charge is 0.316 e. The second-order valence-corrected chi connectivity index (χ2v) is 3.94. The molecule has 0 saturated heterocycles. The van der Waals surface area contributed by atoms with E-state index in [-0.39, 0.29) is 12.3 Å². The lowest BCUT2D eigenvalue weighted by Crippen LogP contribution is -2.41. The molecule has 1 aromatic rings. The molecule has 2 unspecified atom stereocenters. The number of rotatable bonds is 1. The van der Waals surface area contributed by atoms with Gasteiger partial charge in [-0.15, -0.1) is 0 Å². The molecule has 0 radical (unpaired) electrons. The Balaban J connectivity index is 2.45. The Kier molecular flexibility index (Phi) is 2.92. The number of halogens is 1. The maximum Gasteiger partial charge on any atom is 0.246 e. The van der Waals surface area contributed by atoms with Gasteiger partial charge in [-0.25, -0.2) is 4.39 Å². The highest BCUT2D eigenvalue weighted by atomic mass is 19.1. The molecule has 1 aromatic carbocycles. The fourth-order valence-corrected chi connectivity index (χ4v) is 2.12. The third-order valence-electron chi connectivity index (χ3n) is 3.01. The van der Waals surface area contributed by atoms with Crippen molar-refractivity contribution in [3.63, 3.8) is 0 Å². The summed E-state index contributed by atoms with van der Waals surface area (Å²) in [6.45, 7) is 2.11. The van der Waals surface area contributed by atoms with Crippen LogP contribution in [0.2, 0.25) is 0 Å². The Morgan fingerprint density at radius 1 is 1.50 bits per heavy atom.